The summed E-state index contributed by atoms with van der Waals surface area (Å²) in [7, 11) is 3.27. The molecule has 168 valence electrons. The van der Waals surface area contributed by atoms with Gasteiger partial charge in [-0.2, -0.15) is 0 Å². The quantitative estimate of drug-likeness (QED) is 0.354. The molecule has 0 unspecified atom stereocenters. The van der Waals surface area contributed by atoms with Crippen molar-refractivity contribution in [1.29, 1.82) is 0 Å². The Kier molecular flexibility index (Phi) is 7.45. The lowest BCUT2D eigenvalue weighted by Gasteiger charge is -2.23. The van der Waals surface area contributed by atoms with Gasteiger partial charge in [0.1, 0.15) is 0 Å². The van der Waals surface area contributed by atoms with Gasteiger partial charge in [-0.15, -0.1) is 0 Å². The van der Waals surface area contributed by atoms with Gasteiger partial charge in [0.2, 0.25) is 0 Å². The summed E-state index contributed by atoms with van der Waals surface area (Å²) in [6.07, 6.45) is 0. The summed E-state index contributed by atoms with van der Waals surface area (Å²) in [4.78, 5) is 20.2. The van der Waals surface area contributed by atoms with E-state index >= 15 is 0 Å². The van der Waals surface area contributed by atoms with E-state index < -0.39 is 0 Å². The standard InChI is InChI=1S/C28H28N2O3/c1-32-18-16-30(17-19-33-2)28(31)25-20-27(29-26-11-7-6-10-24(25)26)23-14-12-22(13-15-23)21-8-4-3-5-9-21/h3-15,20H,16-19H2,1-2H3. The van der Waals surface area contributed by atoms with Crippen molar-refractivity contribution in [3.8, 4) is 22.4 Å². The lowest BCUT2D eigenvalue weighted by molar-refractivity contribution is 0.0629. The van der Waals surface area contributed by atoms with E-state index in [0.717, 1.165) is 27.7 Å². The number of para-hydroxylation sites is 1. The van der Waals surface area contributed by atoms with E-state index in [2.05, 4.69) is 36.4 Å². The third kappa shape index (κ3) is 5.28. The van der Waals surface area contributed by atoms with Crippen molar-refractivity contribution in [3.05, 3.63) is 90.5 Å². The summed E-state index contributed by atoms with van der Waals surface area (Å²) < 4.78 is 10.4. The second kappa shape index (κ2) is 10.9. The topological polar surface area (TPSA) is 51.7 Å². The van der Waals surface area contributed by atoms with Crippen LogP contribution in [0, 0.1) is 0 Å². The van der Waals surface area contributed by atoms with Crippen LogP contribution in [0.4, 0.5) is 0 Å². The minimum atomic E-state index is -0.0511. The number of amides is 1. The van der Waals surface area contributed by atoms with Gasteiger partial charge >= 0.3 is 0 Å². The van der Waals surface area contributed by atoms with Crippen molar-refractivity contribution in [2.24, 2.45) is 0 Å². The summed E-state index contributed by atoms with van der Waals surface area (Å²) in [5.41, 5.74) is 5.48. The van der Waals surface area contributed by atoms with Crippen LogP contribution in [0.5, 0.6) is 0 Å². The smallest absolute Gasteiger partial charge is 0.254 e. The lowest BCUT2D eigenvalue weighted by Crippen LogP contribution is -2.36. The minimum absolute atomic E-state index is 0.0511. The Labute approximate surface area is 194 Å². The average molecular weight is 441 g/mol. The van der Waals surface area contributed by atoms with Gasteiger partial charge < -0.3 is 14.4 Å². The predicted molar refractivity (Wildman–Crippen MR) is 132 cm³/mol. The van der Waals surface area contributed by atoms with Crippen LogP contribution < -0.4 is 0 Å². The number of aromatic nitrogens is 1. The first kappa shape index (κ1) is 22.6. The Bertz CT molecular complexity index is 1200. The van der Waals surface area contributed by atoms with Crippen LogP contribution in [-0.2, 0) is 9.47 Å². The summed E-state index contributed by atoms with van der Waals surface area (Å²) in [6, 6.07) is 28.2. The fraction of sp³-hybridized carbons (Fsp3) is 0.214. The van der Waals surface area contributed by atoms with E-state index in [-0.39, 0.29) is 5.91 Å². The zero-order chi connectivity index (χ0) is 23.0. The first-order valence-corrected chi connectivity index (χ1v) is 11.0. The van der Waals surface area contributed by atoms with Crippen molar-refractivity contribution in [2.45, 2.75) is 0 Å². The van der Waals surface area contributed by atoms with Crippen LogP contribution in [0.25, 0.3) is 33.3 Å². The summed E-state index contributed by atoms with van der Waals surface area (Å²) in [5, 5.41) is 0.840. The minimum Gasteiger partial charge on any atom is -0.383 e. The highest BCUT2D eigenvalue weighted by Crippen LogP contribution is 2.28. The number of hydrogen-bond acceptors (Lipinski definition) is 4. The molecule has 0 aliphatic heterocycles. The number of fused-ring (bicyclic) bond motifs is 1. The van der Waals surface area contributed by atoms with Gasteiger partial charge in [-0.1, -0.05) is 72.8 Å². The van der Waals surface area contributed by atoms with Crippen LogP contribution in [0.1, 0.15) is 10.4 Å². The molecule has 0 N–H and O–H groups in total. The van der Waals surface area contributed by atoms with Gasteiger partial charge in [0.15, 0.2) is 0 Å². The zero-order valence-electron chi connectivity index (χ0n) is 19.0. The molecule has 0 aliphatic rings. The molecule has 0 spiro atoms. The second-order valence-corrected chi connectivity index (χ2v) is 7.79. The number of nitrogens with zero attached hydrogens (tertiary/aromatic N) is 2. The molecule has 5 heteroatoms. The molecule has 0 saturated carbocycles. The molecular formula is C28H28N2O3. The molecule has 4 aromatic rings. The van der Waals surface area contributed by atoms with Gasteiger partial charge in [-0.05, 0) is 23.3 Å². The molecule has 1 aromatic heterocycles. The largest absolute Gasteiger partial charge is 0.383 e. The number of pyridine rings is 1. The highest BCUT2D eigenvalue weighted by atomic mass is 16.5. The van der Waals surface area contributed by atoms with Gasteiger partial charge in [0, 0.05) is 38.3 Å². The van der Waals surface area contributed by atoms with Crippen LogP contribution in [0.3, 0.4) is 0 Å². The number of rotatable bonds is 9. The molecule has 0 saturated heterocycles. The average Bonchev–Trinajstić information content (AvgIpc) is 2.88. The number of methoxy groups -OCH3 is 2. The van der Waals surface area contributed by atoms with Crippen molar-refractivity contribution in [1.82, 2.24) is 9.88 Å². The third-order valence-electron chi connectivity index (χ3n) is 5.65. The molecule has 0 radical (unpaired) electrons. The maximum Gasteiger partial charge on any atom is 0.254 e. The Morgan fingerprint density at radius 2 is 1.33 bits per heavy atom. The van der Waals surface area contributed by atoms with E-state index in [1.54, 1.807) is 19.1 Å². The number of benzene rings is 3. The number of ether oxygens (including phenoxy) is 2. The number of carbonyl (C=O) groups is 1. The van der Waals surface area contributed by atoms with Crippen LogP contribution in [0.2, 0.25) is 0 Å². The normalized spacial score (nSPS) is 11.0. The molecule has 4 rings (SSSR count). The third-order valence-corrected chi connectivity index (χ3v) is 5.65. The van der Waals surface area contributed by atoms with Crippen LogP contribution in [-0.4, -0.2) is 56.3 Å². The fourth-order valence-electron chi connectivity index (χ4n) is 3.85. The number of hydrogen-bond donors (Lipinski definition) is 0. The first-order valence-electron chi connectivity index (χ1n) is 11.0. The van der Waals surface area contributed by atoms with E-state index in [9.17, 15) is 4.79 Å². The summed E-state index contributed by atoms with van der Waals surface area (Å²) in [5.74, 6) is -0.0511. The van der Waals surface area contributed by atoms with E-state index in [1.807, 2.05) is 48.5 Å². The van der Waals surface area contributed by atoms with Crippen molar-refractivity contribution in [3.63, 3.8) is 0 Å². The van der Waals surface area contributed by atoms with E-state index in [1.165, 1.54) is 5.56 Å². The van der Waals surface area contributed by atoms with Crippen LogP contribution >= 0.6 is 0 Å². The van der Waals surface area contributed by atoms with Gasteiger partial charge in [0.25, 0.3) is 5.91 Å². The maximum absolute atomic E-state index is 13.6. The Hall–Kier alpha value is -3.54. The SMILES string of the molecule is COCCN(CCOC)C(=O)c1cc(-c2ccc(-c3ccccc3)cc2)nc2ccccc12. The second-order valence-electron chi connectivity index (χ2n) is 7.79. The van der Waals surface area contributed by atoms with Gasteiger partial charge in [-0.25, -0.2) is 4.98 Å². The van der Waals surface area contributed by atoms with Crippen molar-refractivity contribution in [2.75, 3.05) is 40.5 Å². The highest BCUT2D eigenvalue weighted by Gasteiger charge is 2.20. The predicted octanol–water partition coefficient (Wildman–Crippen LogP) is 5.30. The lowest BCUT2D eigenvalue weighted by atomic mass is 10.00. The van der Waals surface area contributed by atoms with E-state index in [0.29, 0.717) is 31.9 Å². The Morgan fingerprint density at radius 1 is 0.758 bits per heavy atom. The molecule has 1 heterocycles. The molecule has 0 bridgehead atoms. The number of carbonyl (C=O) groups excluding carboxylic acids is 1. The summed E-state index contributed by atoms with van der Waals surface area (Å²) in [6.45, 7) is 1.92. The molecule has 33 heavy (non-hydrogen) atoms. The fourth-order valence-corrected chi connectivity index (χ4v) is 3.85. The summed E-state index contributed by atoms with van der Waals surface area (Å²) >= 11 is 0. The van der Waals surface area contributed by atoms with Gasteiger partial charge in [0.05, 0.1) is 30.0 Å². The molecule has 0 aliphatic carbocycles. The monoisotopic (exact) mass is 440 g/mol. The molecule has 0 atom stereocenters. The Balaban J connectivity index is 1.73. The van der Waals surface area contributed by atoms with Crippen LogP contribution in [0.15, 0.2) is 84.9 Å². The van der Waals surface area contributed by atoms with Crippen molar-refractivity contribution >= 4 is 16.8 Å². The highest BCUT2D eigenvalue weighted by molar-refractivity contribution is 6.07. The zero-order valence-corrected chi connectivity index (χ0v) is 19.0. The Morgan fingerprint density at radius 3 is 2.00 bits per heavy atom. The van der Waals surface area contributed by atoms with Crippen molar-refractivity contribution < 1.29 is 14.3 Å². The van der Waals surface area contributed by atoms with E-state index in [4.69, 9.17) is 14.5 Å². The first-order chi connectivity index (χ1) is 16.2. The molecule has 5 nitrogen and oxygen atoms in total. The molecular weight excluding hydrogens is 412 g/mol. The molecule has 3 aromatic carbocycles. The van der Waals surface area contributed by atoms with Gasteiger partial charge in [-0.3, -0.25) is 4.79 Å². The maximum atomic E-state index is 13.6. The molecule has 1 amide bonds. The molecule has 0 fully saturated rings.